The minimum absolute atomic E-state index is 0.148. The molecule has 0 spiro atoms. The Labute approximate surface area is 245 Å². The normalized spacial score (nSPS) is 11.4. The first-order chi connectivity index (χ1) is 19.4. The molecule has 0 aliphatic heterocycles. The van der Waals surface area contributed by atoms with Crippen molar-refractivity contribution < 1.29 is 33.7 Å². The molecule has 0 aliphatic rings. The maximum absolute atomic E-state index is 12.8. The lowest BCUT2D eigenvalue weighted by atomic mass is 9.95. The molecule has 7 nitrogen and oxygen atoms in total. The quantitative estimate of drug-likeness (QED) is 0.0548. The van der Waals surface area contributed by atoms with E-state index in [1.807, 2.05) is 0 Å². The van der Waals surface area contributed by atoms with Crippen molar-refractivity contribution >= 4 is 17.9 Å². The van der Waals surface area contributed by atoms with Gasteiger partial charge in [0.1, 0.15) is 0 Å². The third kappa shape index (κ3) is 23.1. The molecule has 0 aromatic rings. The lowest BCUT2D eigenvalue weighted by Gasteiger charge is -2.24. The molecule has 0 rings (SSSR count). The molecule has 0 heterocycles. The van der Waals surface area contributed by atoms with Crippen molar-refractivity contribution in [2.75, 3.05) is 19.8 Å². The average molecular weight is 571 g/mol. The Kier molecular flexibility index (Phi) is 26.4. The summed E-state index contributed by atoms with van der Waals surface area (Å²) >= 11 is 0. The van der Waals surface area contributed by atoms with E-state index in [0.29, 0.717) is 6.42 Å². The first kappa shape index (κ1) is 38.4. The van der Waals surface area contributed by atoms with Crippen LogP contribution in [0.1, 0.15) is 168 Å². The van der Waals surface area contributed by atoms with Crippen LogP contribution in [0.5, 0.6) is 0 Å². The molecule has 0 unspecified atom stereocenters. The number of hydrogen-bond acceptors (Lipinski definition) is 7. The summed E-state index contributed by atoms with van der Waals surface area (Å²) in [6.07, 6.45) is 21.5. The number of hydrogen-bond donors (Lipinski definition) is 1. The largest absolute Gasteiger partial charge is 0.466 e. The van der Waals surface area contributed by atoms with Crippen LogP contribution in [0.25, 0.3) is 0 Å². The van der Waals surface area contributed by atoms with E-state index < -0.39 is 36.4 Å². The van der Waals surface area contributed by atoms with Gasteiger partial charge in [-0.2, -0.15) is 0 Å². The van der Waals surface area contributed by atoms with Crippen LogP contribution in [0, 0.1) is 0 Å². The van der Waals surface area contributed by atoms with Gasteiger partial charge in [-0.3, -0.25) is 9.59 Å². The van der Waals surface area contributed by atoms with E-state index in [4.69, 9.17) is 14.2 Å². The Bertz CT molecular complexity index is 586. The van der Waals surface area contributed by atoms with E-state index in [-0.39, 0.29) is 19.8 Å². The molecule has 7 heteroatoms. The minimum Gasteiger partial charge on any atom is -0.466 e. The highest BCUT2D eigenvalue weighted by Gasteiger charge is 2.43. The zero-order chi connectivity index (χ0) is 29.7. The van der Waals surface area contributed by atoms with E-state index in [1.165, 1.54) is 70.6 Å². The van der Waals surface area contributed by atoms with Gasteiger partial charge in [0.05, 0.1) is 32.7 Å². The second-order valence-electron chi connectivity index (χ2n) is 11.3. The molecule has 40 heavy (non-hydrogen) atoms. The Morgan fingerprint density at radius 1 is 0.450 bits per heavy atom. The van der Waals surface area contributed by atoms with Gasteiger partial charge in [-0.1, -0.05) is 136 Å². The van der Waals surface area contributed by atoms with Crippen molar-refractivity contribution in [3.8, 4) is 0 Å². The van der Waals surface area contributed by atoms with Gasteiger partial charge in [0.15, 0.2) is 5.60 Å². The molecule has 0 amide bonds. The SMILES string of the molecule is CCCCCCCCCOC(=O)CC(O)(CC(=O)OCCCCCCCCC)C(=O)OCCCCCCCCC. The van der Waals surface area contributed by atoms with Gasteiger partial charge in [-0.25, -0.2) is 4.79 Å². The molecule has 0 aromatic carbocycles. The summed E-state index contributed by atoms with van der Waals surface area (Å²) in [5.41, 5.74) is -2.28. The van der Waals surface area contributed by atoms with Gasteiger partial charge in [0.2, 0.25) is 0 Å². The van der Waals surface area contributed by atoms with Crippen LogP contribution in [-0.2, 0) is 28.6 Å². The van der Waals surface area contributed by atoms with Gasteiger partial charge in [0, 0.05) is 0 Å². The van der Waals surface area contributed by atoms with E-state index in [2.05, 4.69) is 20.8 Å². The van der Waals surface area contributed by atoms with Crippen molar-refractivity contribution in [3.05, 3.63) is 0 Å². The molecular weight excluding hydrogens is 508 g/mol. The second-order valence-corrected chi connectivity index (χ2v) is 11.3. The minimum atomic E-state index is -2.28. The first-order valence-electron chi connectivity index (χ1n) is 16.6. The van der Waals surface area contributed by atoms with E-state index in [0.717, 1.165) is 57.8 Å². The highest BCUT2D eigenvalue weighted by molar-refractivity contribution is 5.90. The Balaban J connectivity index is 4.61. The number of carbonyl (C=O) groups excluding carboxylic acids is 3. The topological polar surface area (TPSA) is 99.1 Å². The third-order valence-corrected chi connectivity index (χ3v) is 7.26. The summed E-state index contributed by atoms with van der Waals surface area (Å²) in [5.74, 6) is -2.37. The third-order valence-electron chi connectivity index (χ3n) is 7.26. The number of aliphatic hydroxyl groups is 1. The number of ether oxygens (including phenoxy) is 3. The van der Waals surface area contributed by atoms with E-state index >= 15 is 0 Å². The molecule has 0 radical (unpaired) electrons. The Morgan fingerprint density at radius 3 is 1.05 bits per heavy atom. The highest BCUT2D eigenvalue weighted by Crippen LogP contribution is 2.21. The Hall–Kier alpha value is -1.63. The fourth-order valence-corrected chi connectivity index (χ4v) is 4.64. The standard InChI is InChI=1S/C33H62O7/c1-4-7-10-13-16-19-22-25-38-30(34)28-33(37,32(36)40-27-24-21-18-15-12-9-6-3)29-31(35)39-26-23-20-17-14-11-8-5-2/h37H,4-29H2,1-3H3. The van der Waals surface area contributed by atoms with Gasteiger partial charge >= 0.3 is 17.9 Å². The monoisotopic (exact) mass is 570 g/mol. The molecule has 0 fully saturated rings. The zero-order valence-corrected chi connectivity index (χ0v) is 26.3. The molecule has 236 valence electrons. The van der Waals surface area contributed by atoms with E-state index in [9.17, 15) is 19.5 Å². The molecular formula is C33H62O7. The van der Waals surface area contributed by atoms with Crippen LogP contribution in [0.4, 0.5) is 0 Å². The predicted octanol–water partition coefficient (Wildman–Crippen LogP) is 8.38. The fourth-order valence-electron chi connectivity index (χ4n) is 4.64. The molecule has 0 bridgehead atoms. The zero-order valence-electron chi connectivity index (χ0n) is 26.3. The van der Waals surface area contributed by atoms with Crippen LogP contribution in [0.2, 0.25) is 0 Å². The summed E-state index contributed by atoms with van der Waals surface area (Å²) in [7, 11) is 0. The summed E-state index contributed by atoms with van der Waals surface area (Å²) < 4.78 is 15.9. The Morgan fingerprint density at radius 2 is 0.725 bits per heavy atom. The van der Waals surface area contributed by atoms with Crippen LogP contribution in [-0.4, -0.2) is 48.4 Å². The molecule has 0 aliphatic carbocycles. The summed E-state index contributed by atoms with van der Waals surface area (Å²) in [4.78, 5) is 37.8. The highest BCUT2D eigenvalue weighted by atomic mass is 16.6. The molecule has 0 saturated carbocycles. The number of unbranched alkanes of at least 4 members (excludes halogenated alkanes) is 18. The molecule has 1 N–H and O–H groups in total. The maximum Gasteiger partial charge on any atom is 0.339 e. The van der Waals surface area contributed by atoms with Crippen LogP contribution < -0.4 is 0 Å². The van der Waals surface area contributed by atoms with Gasteiger partial charge in [-0.15, -0.1) is 0 Å². The van der Waals surface area contributed by atoms with Crippen molar-refractivity contribution in [1.82, 2.24) is 0 Å². The summed E-state index contributed by atoms with van der Waals surface area (Å²) in [6, 6.07) is 0. The summed E-state index contributed by atoms with van der Waals surface area (Å²) in [6.45, 7) is 7.16. The average Bonchev–Trinajstić information content (AvgIpc) is 2.92. The van der Waals surface area contributed by atoms with Crippen molar-refractivity contribution in [2.45, 2.75) is 174 Å². The van der Waals surface area contributed by atoms with Gasteiger partial charge < -0.3 is 19.3 Å². The van der Waals surface area contributed by atoms with Crippen molar-refractivity contribution in [1.29, 1.82) is 0 Å². The molecule has 0 saturated heterocycles. The van der Waals surface area contributed by atoms with Crippen LogP contribution in [0.3, 0.4) is 0 Å². The lowest BCUT2D eigenvalue weighted by molar-refractivity contribution is -0.178. The van der Waals surface area contributed by atoms with Crippen molar-refractivity contribution in [3.63, 3.8) is 0 Å². The molecule has 0 aromatic heterocycles. The number of esters is 3. The van der Waals surface area contributed by atoms with Crippen LogP contribution in [0.15, 0.2) is 0 Å². The smallest absolute Gasteiger partial charge is 0.339 e. The van der Waals surface area contributed by atoms with E-state index in [1.54, 1.807) is 0 Å². The predicted molar refractivity (Wildman–Crippen MR) is 161 cm³/mol. The maximum atomic E-state index is 12.8. The molecule has 0 atom stereocenters. The lowest BCUT2D eigenvalue weighted by Crippen LogP contribution is -2.45. The number of carbonyl (C=O) groups is 3. The van der Waals surface area contributed by atoms with Crippen LogP contribution >= 0.6 is 0 Å². The number of rotatable bonds is 29. The first-order valence-corrected chi connectivity index (χ1v) is 16.6. The summed E-state index contributed by atoms with van der Waals surface area (Å²) in [5, 5.41) is 11.1. The van der Waals surface area contributed by atoms with Gasteiger partial charge in [0.25, 0.3) is 0 Å². The van der Waals surface area contributed by atoms with Gasteiger partial charge in [-0.05, 0) is 19.3 Å². The fraction of sp³-hybridized carbons (Fsp3) is 0.909. The van der Waals surface area contributed by atoms with Crippen molar-refractivity contribution in [2.24, 2.45) is 0 Å². The second kappa shape index (κ2) is 27.5.